The van der Waals surface area contributed by atoms with Gasteiger partial charge in [0, 0.05) is 16.8 Å². The molecule has 5 nitrogen and oxygen atoms in total. The van der Waals surface area contributed by atoms with Gasteiger partial charge in [-0.05, 0) is 54.2 Å². The van der Waals surface area contributed by atoms with Gasteiger partial charge in [-0.15, -0.1) is 0 Å². The SMILES string of the molecule is CCOc1ccc(S(=O)(=O)Nc2cc(C(C)(C)C)c(O)c(C(C)(C)C)c2)cc1. The van der Waals surface area contributed by atoms with Crippen LogP contribution in [-0.4, -0.2) is 20.1 Å². The van der Waals surface area contributed by atoms with E-state index in [9.17, 15) is 13.5 Å². The van der Waals surface area contributed by atoms with Crippen LogP contribution >= 0.6 is 0 Å². The van der Waals surface area contributed by atoms with Gasteiger partial charge in [0.15, 0.2) is 0 Å². The fourth-order valence-electron chi connectivity index (χ4n) is 2.93. The van der Waals surface area contributed by atoms with Crippen molar-refractivity contribution in [3.05, 3.63) is 47.5 Å². The molecular weight excluding hydrogens is 374 g/mol. The number of ether oxygens (including phenoxy) is 1. The molecule has 0 fully saturated rings. The lowest BCUT2D eigenvalue weighted by atomic mass is 9.79. The summed E-state index contributed by atoms with van der Waals surface area (Å²) in [5.41, 5.74) is 1.14. The van der Waals surface area contributed by atoms with Crippen LogP contribution < -0.4 is 9.46 Å². The molecule has 0 aliphatic heterocycles. The molecule has 0 amide bonds. The van der Waals surface area contributed by atoms with Gasteiger partial charge in [-0.25, -0.2) is 8.42 Å². The third kappa shape index (κ3) is 4.98. The van der Waals surface area contributed by atoms with Crippen LogP contribution in [0, 0.1) is 0 Å². The van der Waals surface area contributed by atoms with Crippen molar-refractivity contribution in [2.75, 3.05) is 11.3 Å². The molecule has 0 aromatic heterocycles. The fourth-order valence-corrected chi connectivity index (χ4v) is 3.97. The van der Waals surface area contributed by atoms with Gasteiger partial charge < -0.3 is 9.84 Å². The lowest BCUT2D eigenvalue weighted by Crippen LogP contribution is -2.19. The van der Waals surface area contributed by atoms with Gasteiger partial charge in [0.2, 0.25) is 0 Å². The molecule has 2 aromatic carbocycles. The molecule has 0 saturated carbocycles. The molecule has 0 unspecified atom stereocenters. The van der Waals surface area contributed by atoms with Gasteiger partial charge in [-0.1, -0.05) is 41.5 Å². The third-order valence-corrected chi connectivity index (χ3v) is 5.82. The smallest absolute Gasteiger partial charge is 0.261 e. The fraction of sp³-hybridized carbons (Fsp3) is 0.455. The Morgan fingerprint density at radius 3 is 1.79 bits per heavy atom. The van der Waals surface area contributed by atoms with E-state index in [1.807, 2.05) is 48.5 Å². The largest absolute Gasteiger partial charge is 0.507 e. The van der Waals surface area contributed by atoms with Crippen molar-refractivity contribution < 1.29 is 18.3 Å². The number of hydrogen-bond acceptors (Lipinski definition) is 4. The lowest BCUT2D eigenvalue weighted by molar-refractivity contribution is 0.340. The Bertz CT molecular complexity index is 899. The number of aromatic hydroxyl groups is 1. The highest BCUT2D eigenvalue weighted by molar-refractivity contribution is 7.92. The molecule has 0 saturated heterocycles. The maximum absolute atomic E-state index is 12.9. The predicted molar refractivity (Wildman–Crippen MR) is 114 cm³/mol. The Hall–Kier alpha value is -2.21. The van der Waals surface area contributed by atoms with Crippen molar-refractivity contribution in [3.8, 4) is 11.5 Å². The van der Waals surface area contributed by atoms with E-state index in [1.165, 1.54) is 12.1 Å². The first kappa shape index (κ1) is 22.1. The van der Waals surface area contributed by atoms with E-state index in [4.69, 9.17) is 4.74 Å². The molecule has 6 heteroatoms. The molecule has 0 bridgehead atoms. The Kier molecular flexibility index (Phi) is 6.04. The van der Waals surface area contributed by atoms with Crippen LogP contribution in [0.1, 0.15) is 59.6 Å². The summed E-state index contributed by atoms with van der Waals surface area (Å²) in [6.45, 7) is 14.3. The number of anilines is 1. The number of phenolic OH excluding ortho intramolecular Hbond substituents is 1. The first-order valence-electron chi connectivity index (χ1n) is 9.39. The summed E-state index contributed by atoms with van der Waals surface area (Å²) in [4.78, 5) is 0.152. The second kappa shape index (κ2) is 7.66. The van der Waals surface area contributed by atoms with Crippen molar-refractivity contribution in [2.24, 2.45) is 0 Å². The summed E-state index contributed by atoms with van der Waals surface area (Å²) in [6, 6.07) is 9.71. The number of phenols is 1. The highest BCUT2D eigenvalue weighted by atomic mass is 32.2. The van der Waals surface area contributed by atoms with Crippen LogP contribution in [0.3, 0.4) is 0 Å². The quantitative estimate of drug-likeness (QED) is 0.672. The van der Waals surface area contributed by atoms with Crippen molar-refractivity contribution in [1.82, 2.24) is 0 Å². The van der Waals surface area contributed by atoms with Crippen LogP contribution in [0.15, 0.2) is 41.3 Å². The minimum absolute atomic E-state index is 0.152. The van der Waals surface area contributed by atoms with Crippen molar-refractivity contribution in [2.45, 2.75) is 64.2 Å². The van der Waals surface area contributed by atoms with E-state index < -0.39 is 10.0 Å². The van der Waals surface area contributed by atoms with E-state index in [0.717, 1.165) is 0 Å². The maximum atomic E-state index is 12.9. The molecule has 0 radical (unpaired) electrons. The van der Waals surface area contributed by atoms with Crippen LogP contribution in [0.4, 0.5) is 5.69 Å². The maximum Gasteiger partial charge on any atom is 0.261 e. The molecular formula is C22H31NO4S. The van der Waals surface area contributed by atoms with E-state index in [1.54, 1.807) is 24.3 Å². The normalized spacial score (nSPS) is 12.7. The first-order chi connectivity index (χ1) is 12.8. The highest BCUT2D eigenvalue weighted by Crippen LogP contribution is 2.41. The van der Waals surface area contributed by atoms with Crippen molar-refractivity contribution in [1.29, 1.82) is 0 Å². The van der Waals surface area contributed by atoms with Crippen LogP contribution in [0.25, 0.3) is 0 Å². The third-order valence-electron chi connectivity index (χ3n) is 4.42. The van der Waals surface area contributed by atoms with Gasteiger partial charge in [-0.2, -0.15) is 0 Å². The second-order valence-corrected chi connectivity index (χ2v) is 10.6. The highest BCUT2D eigenvalue weighted by Gasteiger charge is 2.27. The Morgan fingerprint density at radius 2 is 1.39 bits per heavy atom. The van der Waals surface area contributed by atoms with Crippen LogP contribution in [-0.2, 0) is 20.9 Å². The Labute approximate surface area is 168 Å². The number of rotatable bonds is 5. The topological polar surface area (TPSA) is 75.6 Å². The average molecular weight is 406 g/mol. The Balaban J connectivity index is 2.49. The number of nitrogens with one attached hydrogen (secondary N) is 1. The first-order valence-corrected chi connectivity index (χ1v) is 10.9. The number of sulfonamides is 1. The molecule has 0 aliphatic carbocycles. The predicted octanol–water partition coefficient (Wildman–Crippen LogP) is 5.19. The van der Waals surface area contributed by atoms with E-state index in [0.29, 0.717) is 29.2 Å². The molecule has 2 N–H and O–H groups in total. The molecule has 2 aromatic rings. The van der Waals surface area contributed by atoms with E-state index in [-0.39, 0.29) is 21.5 Å². The van der Waals surface area contributed by atoms with E-state index in [2.05, 4.69) is 4.72 Å². The summed E-state index contributed by atoms with van der Waals surface area (Å²) in [7, 11) is -3.77. The van der Waals surface area contributed by atoms with Gasteiger partial charge >= 0.3 is 0 Å². The molecule has 0 spiro atoms. The number of benzene rings is 2. The van der Waals surface area contributed by atoms with Gasteiger partial charge in [0.25, 0.3) is 10.0 Å². The molecule has 2 rings (SSSR count). The van der Waals surface area contributed by atoms with Gasteiger partial charge in [0.1, 0.15) is 11.5 Å². The molecule has 28 heavy (non-hydrogen) atoms. The zero-order valence-corrected chi connectivity index (χ0v) is 18.6. The lowest BCUT2D eigenvalue weighted by Gasteiger charge is -2.28. The standard InChI is InChI=1S/C22H31NO4S/c1-8-27-16-9-11-17(12-10-16)28(25,26)23-15-13-18(21(2,3)4)20(24)19(14-15)22(5,6)7/h9-14,23-24H,8H2,1-7H3. The summed E-state index contributed by atoms with van der Waals surface area (Å²) >= 11 is 0. The monoisotopic (exact) mass is 405 g/mol. The minimum Gasteiger partial charge on any atom is -0.507 e. The molecule has 0 heterocycles. The second-order valence-electron chi connectivity index (χ2n) is 8.93. The number of hydrogen-bond donors (Lipinski definition) is 2. The van der Waals surface area contributed by atoms with Crippen LogP contribution in [0.5, 0.6) is 11.5 Å². The average Bonchev–Trinajstić information content (AvgIpc) is 2.55. The van der Waals surface area contributed by atoms with Crippen LogP contribution in [0.2, 0.25) is 0 Å². The summed E-state index contributed by atoms with van der Waals surface area (Å²) in [5.74, 6) is 0.833. The summed E-state index contributed by atoms with van der Waals surface area (Å²) in [6.07, 6.45) is 0. The van der Waals surface area contributed by atoms with E-state index >= 15 is 0 Å². The van der Waals surface area contributed by atoms with Gasteiger partial charge in [0.05, 0.1) is 11.5 Å². The zero-order chi connectivity index (χ0) is 21.3. The minimum atomic E-state index is -3.77. The molecule has 0 atom stereocenters. The summed E-state index contributed by atoms with van der Waals surface area (Å²) in [5, 5.41) is 10.8. The van der Waals surface area contributed by atoms with Crippen molar-refractivity contribution in [3.63, 3.8) is 0 Å². The molecule has 0 aliphatic rings. The summed E-state index contributed by atoms with van der Waals surface area (Å²) < 4.78 is 33.8. The zero-order valence-electron chi connectivity index (χ0n) is 17.8. The van der Waals surface area contributed by atoms with Crippen molar-refractivity contribution >= 4 is 15.7 Å². The molecule has 154 valence electrons. The Morgan fingerprint density at radius 1 is 0.929 bits per heavy atom. The van der Waals surface area contributed by atoms with Gasteiger partial charge in [-0.3, -0.25) is 4.72 Å².